The number of hydrogen-bond donors (Lipinski definition) is 3. The lowest BCUT2D eigenvalue weighted by Gasteiger charge is -2.26. The molecule has 1 saturated carbocycles. The van der Waals surface area contributed by atoms with Crippen LogP contribution in [-0.4, -0.2) is 29.8 Å². The first-order valence-electron chi connectivity index (χ1n) is 9.46. The number of hydrogen-bond acceptors (Lipinski definition) is 4. The summed E-state index contributed by atoms with van der Waals surface area (Å²) >= 11 is 0. The maximum atomic E-state index is 13.7. The normalized spacial score (nSPS) is 15.3. The molecule has 0 aliphatic heterocycles. The third-order valence-electron chi connectivity index (χ3n) is 5.37. The van der Waals surface area contributed by atoms with Gasteiger partial charge in [-0.05, 0) is 31.9 Å². The first kappa shape index (κ1) is 20.8. The maximum absolute atomic E-state index is 13.7. The molecule has 1 amide bonds. The topological polar surface area (TPSA) is 77.9 Å². The fourth-order valence-electron chi connectivity index (χ4n) is 3.35. The summed E-state index contributed by atoms with van der Waals surface area (Å²) in [5.74, 6) is -2.54. The van der Waals surface area contributed by atoms with E-state index in [0.29, 0.717) is 11.3 Å². The second-order valence-electron chi connectivity index (χ2n) is 7.17. The summed E-state index contributed by atoms with van der Waals surface area (Å²) < 4.78 is 41.0. The van der Waals surface area contributed by atoms with Gasteiger partial charge in [-0.2, -0.15) is 13.2 Å². The number of alkyl halides is 3. The lowest BCUT2D eigenvalue weighted by atomic mass is 9.84. The minimum atomic E-state index is -4.55. The molecule has 3 rings (SSSR count). The van der Waals surface area contributed by atoms with E-state index in [1.54, 1.807) is 31.3 Å². The van der Waals surface area contributed by atoms with E-state index < -0.39 is 12.1 Å². The lowest BCUT2D eigenvalue weighted by molar-refractivity contribution is -0.146. The zero-order valence-corrected chi connectivity index (χ0v) is 16.2. The molecule has 5 nitrogen and oxygen atoms in total. The summed E-state index contributed by atoms with van der Waals surface area (Å²) in [6, 6.07) is 8.31. The highest BCUT2D eigenvalue weighted by atomic mass is 19.4. The van der Waals surface area contributed by atoms with Crippen LogP contribution in [0.1, 0.15) is 48.8 Å². The molecule has 1 fully saturated rings. The van der Waals surface area contributed by atoms with Gasteiger partial charge in [-0.15, -0.1) is 0 Å². The van der Waals surface area contributed by atoms with Gasteiger partial charge in [0, 0.05) is 41.5 Å². The van der Waals surface area contributed by atoms with Gasteiger partial charge < -0.3 is 10.6 Å². The molecule has 0 radical (unpaired) electrons. The number of anilines is 2. The van der Waals surface area contributed by atoms with Gasteiger partial charge in [0.25, 0.3) is 0 Å². The molecular formula is C21H23F3N4O. The average Bonchev–Trinajstić information content (AvgIpc) is 2.64. The number of aromatic nitrogens is 1. The van der Waals surface area contributed by atoms with Crippen LogP contribution >= 0.6 is 0 Å². The molecule has 0 spiro atoms. The Labute approximate surface area is 167 Å². The van der Waals surface area contributed by atoms with E-state index in [9.17, 15) is 18.0 Å². The molecule has 29 heavy (non-hydrogen) atoms. The Balaban J connectivity index is 2.09. The van der Waals surface area contributed by atoms with Crippen LogP contribution in [0.5, 0.6) is 0 Å². The molecule has 1 unspecified atom stereocenters. The van der Waals surface area contributed by atoms with Crippen LogP contribution in [0.4, 0.5) is 24.7 Å². The minimum absolute atomic E-state index is 0.0670. The Kier molecular flexibility index (Phi) is 5.91. The van der Waals surface area contributed by atoms with Crippen LogP contribution in [-0.2, 0) is 4.79 Å². The van der Waals surface area contributed by atoms with Crippen LogP contribution in [0.2, 0.25) is 0 Å². The first-order valence-corrected chi connectivity index (χ1v) is 9.46. The lowest BCUT2D eigenvalue weighted by Crippen LogP contribution is -2.30. The zero-order valence-electron chi connectivity index (χ0n) is 16.2. The van der Waals surface area contributed by atoms with E-state index in [-0.39, 0.29) is 34.5 Å². The van der Waals surface area contributed by atoms with Crippen molar-refractivity contribution in [3.63, 3.8) is 0 Å². The summed E-state index contributed by atoms with van der Waals surface area (Å²) in [6.07, 6.45) is -0.837. The number of para-hydroxylation sites is 1. The van der Waals surface area contributed by atoms with Crippen molar-refractivity contribution < 1.29 is 18.0 Å². The van der Waals surface area contributed by atoms with Crippen molar-refractivity contribution in [3.8, 4) is 0 Å². The Morgan fingerprint density at radius 1 is 1.21 bits per heavy atom. The number of benzene rings is 1. The largest absolute Gasteiger partial charge is 0.395 e. The quantitative estimate of drug-likeness (QED) is 0.597. The van der Waals surface area contributed by atoms with Crippen LogP contribution in [0.25, 0.3) is 0 Å². The van der Waals surface area contributed by atoms with E-state index >= 15 is 0 Å². The number of nitrogens with one attached hydrogen (secondary N) is 3. The molecule has 0 saturated heterocycles. The van der Waals surface area contributed by atoms with Crippen molar-refractivity contribution in [1.29, 1.82) is 5.41 Å². The molecular weight excluding hydrogens is 381 g/mol. The molecule has 1 atom stereocenters. The predicted molar refractivity (Wildman–Crippen MR) is 107 cm³/mol. The molecule has 8 heteroatoms. The molecule has 1 aromatic heterocycles. The smallest absolute Gasteiger partial charge is 0.388 e. The van der Waals surface area contributed by atoms with Crippen LogP contribution in [0.15, 0.2) is 36.5 Å². The molecule has 3 N–H and O–H groups in total. The number of pyridine rings is 1. The highest BCUT2D eigenvalue weighted by molar-refractivity contribution is 6.15. The Morgan fingerprint density at radius 3 is 2.48 bits per heavy atom. The van der Waals surface area contributed by atoms with E-state index in [1.165, 1.54) is 12.3 Å². The van der Waals surface area contributed by atoms with E-state index in [2.05, 4.69) is 15.6 Å². The molecule has 2 aromatic rings. The highest BCUT2D eigenvalue weighted by Gasteiger charge is 2.41. The van der Waals surface area contributed by atoms with Gasteiger partial charge >= 0.3 is 6.18 Å². The van der Waals surface area contributed by atoms with Crippen molar-refractivity contribution in [1.82, 2.24) is 4.98 Å². The molecule has 1 heterocycles. The summed E-state index contributed by atoms with van der Waals surface area (Å²) in [5.41, 5.74) is 0.927. The van der Waals surface area contributed by atoms with E-state index in [4.69, 9.17) is 5.41 Å². The second-order valence-corrected chi connectivity index (χ2v) is 7.17. The Hall–Kier alpha value is -2.90. The molecule has 1 aliphatic carbocycles. The SMILES string of the molecule is CNc1ccccc1C(=N)c1ccnc(NC(=O)C2CCC2)c1C(C)C(F)(F)F. The van der Waals surface area contributed by atoms with Crippen molar-refractivity contribution in [3.05, 3.63) is 53.2 Å². The van der Waals surface area contributed by atoms with Crippen LogP contribution in [0, 0.1) is 11.3 Å². The number of rotatable bonds is 6. The summed E-state index contributed by atoms with van der Waals surface area (Å²) in [7, 11) is 1.68. The van der Waals surface area contributed by atoms with Gasteiger partial charge in [0.15, 0.2) is 0 Å². The van der Waals surface area contributed by atoms with Gasteiger partial charge in [-0.3, -0.25) is 10.2 Å². The second kappa shape index (κ2) is 8.23. The number of carbonyl (C=O) groups is 1. The van der Waals surface area contributed by atoms with E-state index in [1.807, 2.05) is 0 Å². The predicted octanol–water partition coefficient (Wildman–Crippen LogP) is 4.94. The number of halogens is 3. The number of amides is 1. The van der Waals surface area contributed by atoms with Gasteiger partial charge in [-0.25, -0.2) is 4.98 Å². The van der Waals surface area contributed by atoms with Gasteiger partial charge in [0.2, 0.25) is 5.91 Å². The fourth-order valence-corrected chi connectivity index (χ4v) is 3.35. The van der Waals surface area contributed by atoms with Crippen LogP contribution < -0.4 is 10.6 Å². The molecule has 1 aromatic carbocycles. The zero-order chi connectivity index (χ0) is 21.2. The first-order chi connectivity index (χ1) is 13.7. The van der Waals surface area contributed by atoms with Crippen molar-refractivity contribution in [2.24, 2.45) is 5.92 Å². The highest BCUT2D eigenvalue weighted by Crippen LogP contribution is 2.40. The standard InChI is InChI=1S/C21H23F3N4O/c1-12(21(22,23)24)17-15(18(25)14-8-3-4-9-16(14)26-2)10-11-27-19(17)28-20(29)13-6-5-7-13/h3-4,8-13,25-26H,5-7H2,1-2H3,(H,27,28,29). The summed E-state index contributed by atoms with van der Waals surface area (Å²) in [5, 5.41) is 14.1. The van der Waals surface area contributed by atoms with Gasteiger partial charge in [0.1, 0.15) is 5.82 Å². The van der Waals surface area contributed by atoms with E-state index in [0.717, 1.165) is 26.2 Å². The van der Waals surface area contributed by atoms with Crippen molar-refractivity contribution >= 4 is 23.1 Å². The third kappa shape index (κ3) is 4.26. The average molecular weight is 404 g/mol. The Morgan fingerprint density at radius 2 is 1.90 bits per heavy atom. The Bertz CT molecular complexity index is 922. The minimum Gasteiger partial charge on any atom is -0.388 e. The van der Waals surface area contributed by atoms with Crippen LogP contribution in [0.3, 0.4) is 0 Å². The number of nitrogens with zero attached hydrogens (tertiary/aromatic N) is 1. The monoisotopic (exact) mass is 404 g/mol. The maximum Gasteiger partial charge on any atom is 0.395 e. The summed E-state index contributed by atoms with van der Waals surface area (Å²) in [6.45, 7) is 1.02. The molecule has 154 valence electrons. The molecule has 0 bridgehead atoms. The fraction of sp³-hybridized carbons (Fsp3) is 0.381. The third-order valence-corrected chi connectivity index (χ3v) is 5.37. The summed E-state index contributed by atoms with van der Waals surface area (Å²) in [4.78, 5) is 16.4. The molecule has 1 aliphatic rings. The van der Waals surface area contributed by atoms with Gasteiger partial charge in [0.05, 0.1) is 11.6 Å². The van der Waals surface area contributed by atoms with Crippen molar-refractivity contribution in [2.45, 2.75) is 38.3 Å². The van der Waals surface area contributed by atoms with Gasteiger partial charge in [-0.1, -0.05) is 24.6 Å². The number of carbonyl (C=O) groups excluding carboxylic acids is 1. The van der Waals surface area contributed by atoms with Crippen molar-refractivity contribution in [2.75, 3.05) is 17.7 Å².